The van der Waals surface area contributed by atoms with E-state index in [1.54, 1.807) is 24.3 Å². The molecule has 3 aromatic rings. The van der Waals surface area contributed by atoms with Crippen LogP contribution in [0.4, 0.5) is 11.4 Å². The van der Waals surface area contributed by atoms with Crippen LogP contribution < -0.4 is 4.90 Å². The Balaban J connectivity index is 1.42. The number of hydrogen-bond acceptors (Lipinski definition) is 7. The number of phenols is 1. The number of phenolic OH excluding ortho intramolecular Hbond substituents is 1. The Hall–Kier alpha value is -3.80. The van der Waals surface area contributed by atoms with Gasteiger partial charge in [-0.1, -0.05) is 57.9 Å². The van der Waals surface area contributed by atoms with Crippen molar-refractivity contribution in [3.63, 3.8) is 0 Å². The number of allylic oxidation sites excluding steroid dienone is 2. The van der Waals surface area contributed by atoms with E-state index >= 15 is 0 Å². The fourth-order valence-electron chi connectivity index (χ4n) is 7.64. The second-order valence-electron chi connectivity index (χ2n) is 11.5. The standard InChI is InChI=1S/C31H22BrCl2N3O7/c32-14-35-28(41)30(33)13-21-19(25(31(30,34)29(35)42)24-18-4-2-1-3-15(18)5-12-22(24)38)10-11-20-23(21)27(40)36(26(20)39)16-6-8-17(9-7-16)37(43)44/h1-10,12,20-21,23,25,38H,11,13-14H2/t20-,21+,23-,25+,30+,31-/m0/s1. The molecule has 7 rings (SSSR count). The second kappa shape index (κ2) is 9.85. The summed E-state index contributed by atoms with van der Waals surface area (Å²) in [6.45, 7) is 0. The van der Waals surface area contributed by atoms with Crippen molar-refractivity contribution >= 4 is 84.9 Å². The third-order valence-electron chi connectivity index (χ3n) is 9.57. The van der Waals surface area contributed by atoms with Crippen LogP contribution in [-0.4, -0.2) is 53.8 Å². The van der Waals surface area contributed by atoms with E-state index in [1.807, 2.05) is 12.1 Å². The summed E-state index contributed by atoms with van der Waals surface area (Å²) < 4.78 is 0. The number of nitro groups is 1. The lowest BCUT2D eigenvalue weighted by Gasteiger charge is -2.51. The minimum Gasteiger partial charge on any atom is -0.508 e. The third kappa shape index (κ3) is 3.60. The van der Waals surface area contributed by atoms with Crippen LogP contribution in [-0.2, 0) is 19.2 Å². The zero-order chi connectivity index (χ0) is 31.3. The number of non-ortho nitro benzene ring substituents is 1. The Morgan fingerprint density at radius 2 is 1.66 bits per heavy atom. The lowest BCUT2D eigenvalue weighted by atomic mass is 9.56. The molecule has 10 nitrogen and oxygen atoms in total. The molecule has 2 saturated heterocycles. The van der Waals surface area contributed by atoms with Crippen LogP contribution >= 0.6 is 39.1 Å². The van der Waals surface area contributed by atoms with Crippen molar-refractivity contribution < 1.29 is 29.2 Å². The highest BCUT2D eigenvalue weighted by Gasteiger charge is 2.76. The number of nitro benzene ring substituents is 1. The van der Waals surface area contributed by atoms with Gasteiger partial charge in [-0.3, -0.25) is 39.1 Å². The summed E-state index contributed by atoms with van der Waals surface area (Å²) >= 11 is 17.8. The number of carbonyl (C=O) groups is 4. The number of anilines is 1. The van der Waals surface area contributed by atoms with Gasteiger partial charge in [-0.05, 0) is 47.7 Å². The summed E-state index contributed by atoms with van der Waals surface area (Å²) in [6.07, 6.45) is 1.73. The molecule has 3 fully saturated rings. The zero-order valence-electron chi connectivity index (χ0n) is 22.7. The second-order valence-corrected chi connectivity index (χ2v) is 13.2. The summed E-state index contributed by atoms with van der Waals surface area (Å²) in [4.78, 5) is 64.3. The van der Waals surface area contributed by atoms with Gasteiger partial charge in [-0.15, -0.1) is 23.2 Å². The van der Waals surface area contributed by atoms with Gasteiger partial charge in [-0.25, -0.2) is 0 Å². The number of halogens is 3. The average Bonchev–Trinajstić information content (AvgIpc) is 3.35. The lowest BCUT2D eigenvalue weighted by molar-refractivity contribution is -0.384. The van der Waals surface area contributed by atoms with Crippen molar-refractivity contribution in [3.8, 4) is 5.75 Å². The number of imide groups is 2. The lowest BCUT2D eigenvalue weighted by Crippen LogP contribution is -2.60. The van der Waals surface area contributed by atoms with Crippen molar-refractivity contribution in [1.82, 2.24) is 4.90 Å². The predicted octanol–water partition coefficient (Wildman–Crippen LogP) is 5.37. The van der Waals surface area contributed by atoms with Crippen LogP contribution in [0.15, 0.2) is 72.3 Å². The molecule has 0 unspecified atom stereocenters. The number of amides is 4. The largest absolute Gasteiger partial charge is 0.508 e. The van der Waals surface area contributed by atoms with Gasteiger partial charge in [0.1, 0.15) is 5.75 Å². The molecule has 1 N–H and O–H groups in total. The van der Waals surface area contributed by atoms with Crippen LogP contribution in [0, 0.1) is 27.9 Å². The molecule has 3 aromatic carbocycles. The number of benzene rings is 3. The minimum atomic E-state index is -2.06. The zero-order valence-corrected chi connectivity index (χ0v) is 25.8. The van der Waals surface area contributed by atoms with Gasteiger partial charge in [0, 0.05) is 23.6 Å². The molecule has 6 atom stereocenters. The number of nitrogens with zero attached hydrogens (tertiary/aromatic N) is 3. The fraction of sp³-hybridized carbons (Fsp3) is 0.290. The highest BCUT2D eigenvalue weighted by atomic mass is 79.9. The number of aromatic hydroxyl groups is 1. The molecule has 224 valence electrons. The van der Waals surface area contributed by atoms with E-state index in [1.165, 1.54) is 30.3 Å². The van der Waals surface area contributed by atoms with E-state index in [9.17, 15) is 34.4 Å². The van der Waals surface area contributed by atoms with E-state index in [2.05, 4.69) is 15.9 Å². The monoisotopic (exact) mass is 697 g/mol. The molecule has 13 heteroatoms. The first-order valence-corrected chi connectivity index (χ1v) is 15.7. The maximum Gasteiger partial charge on any atom is 0.269 e. The molecule has 0 aromatic heterocycles. The number of fused-ring (bicyclic) bond motifs is 5. The fourth-order valence-corrected chi connectivity index (χ4v) is 9.04. The van der Waals surface area contributed by atoms with E-state index in [4.69, 9.17) is 23.2 Å². The molecule has 4 aliphatic rings. The van der Waals surface area contributed by atoms with Gasteiger partial charge < -0.3 is 5.11 Å². The molecule has 4 amide bonds. The summed E-state index contributed by atoms with van der Waals surface area (Å²) in [5, 5.41) is 23.9. The number of rotatable bonds is 4. The molecule has 2 heterocycles. The first-order chi connectivity index (χ1) is 21.0. The highest BCUT2D eigenvalue weighted by Crippen LogP contribution is 2.66. The molecule has 44 heavy (non-hydrogen) atoms. The number of likely N-dealkylation sites (tertiary alicyclic amines) is 1. The molecule has 0 bridgehead atoms. The molecular weight excluding hydrogens is 677 g/mol. The molecule has 0 radical (unpaired) electrons. The molecule has 1 saturated carbocycles. The quantitative estimate of drug-likeness (QED) is 0.0966. The summed E-state index contributed by atoms with van der Waals surface area (Å²) in [6, 6.07) is 15.6. The van der Waals surface area contributed by atoms with Gasteiger partial charge in [0.15, 0.2) is 9.75 Å². The van der Waals surface area contributed by atoms with Crippen LogP contribution in [0.1, 0.15) is 24.3 Å². The maximum atomic E-state index is 14.1. The SMILES string of the molecule is O=C1[C@H]2[C@H](CC=C3[C@H]2C[C@@]2(Cl)C(=O)N(CBr)C(=O)[C@@]2(Cl)[C@H]3c2c(O)ccc3ccccc23)C(=O)N1c1ccc([N+](=O)[O-])cc1. The Labute approximate surface area is 268 Å². The molecular formula is C31H22BrCl2N3O7. The predicted molar refractivity (Wildman–Crippen MR) is 165 cm³/mol. The smallest absolute Gasteiger partial charge is 0.269 e. The van der Waals surface area contributed by atoms with E-state index in [0.717, 1.165) is 15.2 Å². The first kappa shape index (κ1) is 28.9. The van der Waals surface area contributed by atoms with Crippen molar-refractivity contribution in [2.75, 3.05) is 10.4 Å². The van der Waals surface area contributed by atoms with Crippen LogP contribution in [0.3, 0.4) is 0 Å². The van der Waals surface area contributed by atoms with E-state index < -0.39 is 62.0 Å². The van der Waals surface area contributed by atoms with Gasteiger partial charge in [0.25, 0.3) is 17.5 Å². The van der Waals surface area contributed by atoms with E-state index in [0.29, 0.717) is 16.5 Å². The van der Waals surface area contributed by atoms with Crippen LogP contribution in [0.25, 0.3) is 10.8 Å². The Morgan fingerprint density at radius 3 is 2.34 bits per heavy atom. The number of carbonyl (C=O) groups excluding carboxylic acids is 4. The summed E-state index contributed by atoms with van der Waals surface area (Å²) in [7, 11) is 0. The topological polar surface area (TPSA) is 138 Å². The molecule has 0 spiro atoms. The van der Waals surface area contributed by atoms with Crippen molar-refractivity contribution in [2.45, 2.75) is 28.5 Å². The Bertz CT molecular complexity index is 1870. The average molecular weight is 699 g/mol. The van der Waals surface area contributed by atoms with Crippen molar-refractivity contribution in [1.29, 1.82) is 0 Å². The molecule has 2 aliphatic carbocycles. The van der Waals surface area contributed by atoms with Gasteiger partial charge >= 0.3 is 0 Å². The first-order valence-electron chi connectivity index (χ1n) is 13.8. The van der Waals surface area contributed by atoms with Gasteiger partial charge in [-0.2, -0.15) is 0 Å². The summed E-state index contributed by atoms with van der Waals surface area (Å²) in [5.41, 5.74) is 0.684. The van der Waals surface area contributed by atoms with Gasteiger partial charge in [0.2, 0.25) is 11.8 Å². The maximum absolute atomic E-state index is 14.1. The Kier molecular flexibility index (Phi) is 6.48. The number of alkyl halides is 3. The minimum absolute atomic E-state index is 0.138. The number of hydrogen-bond donors (Lipinski definition) is 1. The van der Waals surface area contributed by atoms with Crippen molar-refractivity contribution in [2.24, 2.45) is 17.8 Å². The highest BCUT2D eigenvalue weighted by molar-refractivity contribution is 9.09. The van der Waals surface area contributed by atoms with Crippen LogP contribution in [0.2, 0.25) is 0 Å². The van der Waals surface area contributed by atoms with Gasteiger partial charge in [0.05, 0.1) is 27.9 Å². The van der Waals surface area contributed by atoms with E-state index in [-0.39, 0.29) is 35.4 Å². The summed E-state index contributed by atoms with van der Waals surface area (Å²) in [5.74, 6) is -6.28. The van der Waals surface area contributed by atoms with Crippen LogP contribution in [0.5, 0.6) is 5.75 Å². The Morgan fingerprint density at radius 1 is 0.955 bits per heavy atom. The normalized spacial score (nSPS) is 31.2. The molecule has 2 aliphatic heterocycles. The third-order valence-corrected chi connectivity index (χ3v) is 11.5. The van der Waals surface area contributed by atoms with Crippen molar-refractivity contribution in [3.05, 3.63) is 88.0 Å².